The number of halogens is 1. The summed E-state index contributed by atoms with van der Waals surface area (Å²) in [5.41, 5.74) is 2.95. The molecule has 0 fully saturated rings. The summed E-state index contributed by atoms with van der Waals surface area (Å²) in [6.45, 7) is 0. The highest BCUT2D eigenvalue weighted by Crippen LogP contribution is 2.23. The van der Waals surface area contributed by atoms with Crippen LogP contribution >= 0.6 is 11.6 Å². The van der Waals surface area contributed by atoms with Crippen molar-refractivity contribution in [3.8, 4) is 0 Å². The van der Waals surface area contributed by atoms with Gasteiger partial charge >= 0.3 is 0 Å². The standard InChI is InChI=1S/C19H16ClN3O/c1-23(16-5-3-2-4-6-16)17-11-12-21-18(13-17)19(24)22-15-9-7-14(20)8-10-15/h2-13H,1H3,(H,22,24). The normalized spacial score (nSPS) is 10.2. The van der Waals surface area contributed by atoms with Crippen LogP contribution in [0.5, 0.6) is 0 Å². The highest BCUT2D eigenvalue weighted by atomic mass is 35.5. The molecule has 5 heteroatoms. The SMILES string of the molecule is CN(c1ccccc1)c1ccnc(C(=O)Nc2ccc(Cl)cc2)c1. The first-order valence-electron chi connectivity index (χ1n) is 7.45. The molecule has 1 amide bonds. The summed E-state index contributed by atoms with van der Waals surface area (Å²) in [6, 6.07) is 20.5. The third-order valence-corrected chi connectivity index (χ3v) is 3.86. The van der Waals surface area contributed by atoms with Crippen LogP contribution < -0.4 is 10.2 Å². The van der Waals surface area contributed by atoms with Crippen molar-refractivity contribution in [1.82, 2.24) is 4.98 Å². The van der Waals surface area contributed by atoms with Crippen molar-refractivity contribution < 1.29 is 4.79 Å². The Kier molecular flexibility index (Phi) is 4.77. The number of pyridine rings is 1. The molecule has 1 heterocycles. The second-order valence-corrected chi connectivity index (χ2v) is 5.69. The maximum Gasteiger partial charge on any atom is 0.274 e. The van der Waals surface area contributed by atoms with Crippen molar-refractivity contribution in [3.63, 3.8) is 0 Å². The van der Waals surface area contributed by atoms with Crippen molar-refractivity contribution in [2.75, 3.05) is 17.3 Å². The molecule has 1 aromatic heterocycles. The van der Waals surface area contributed by atoms with Crippen molar-refractivity contribution in [2.24, 2.45) is 0 Å². The van der Waals surface area contributed by atoms with Crippen molar-refractivity contribution >= 4 is 34.6 Å². The molecule has 0 saturated carbocycles. The highest BCUT2D eigenvalue weighted by molar-refractivity contribution is 6.30. The molecule has 24 heavy (non-hydrogen) atoms. The summed E-state index contributed by atoms with van der Waals surface area (Å²) in [7, 11) is 1.95. The Morgan fingerprint density at radius 3 is 2.42 bits per heavy atom. The fourth-order valence-corrected chi connectivity index (χ4v) is 2.41. The number of para-hydroxylation sites is 1. The quantitative estimate of drug-likeness (QED) is 0.746. The molecule has 3 rings (SSSR count). The first-order chi connectivity index (χ1) is 11.6. The van der Waals surface area contributed by atoms with Crippen LogP contribution in [0.3, 0.4) is 0 Å². The van der Waals surface area contributed by atoms with Gasteiger partial charge in [-0.3, -0.25) is 9.78 Å². The average Bonchev–Trinajstić information content (AvgIpc) is 2.64. The lowest BCUT2D eigenvalue weighted by molar-refractivity contribution is 0.102. The molecule has 0 unspecified atom stereocenters. The summed E-state index contributed by atoms with van der Waals surface area (Å²) in [5.74, 6) is -0.263. The van der Waals surface area contributed by atoms with Gasteiger partial charge < -0.3 is 10.2 Å². The number of carbonyl (C=O) groups excluding carboxylic acids is 1. The van der Waals surface area contributed by atoms with E-state index in [1.54, 1.807) is 36.5 Å². The van der Waals surface area contributed by atoms with Crippen LogP contribution in [0, 0.1) is 0 Å². The van der Waals surface area contributed by atoms with Gasteiger partial charge in [-0.05, 0) is 48.5 Å². The Balaban J connectivity index is 1.79. The monoisotopic (exact) mass is 337 g/mol. The molecule has 0 bridgehead atoms. The third kappa shape index (κ3) is 3.73. The van der Waals surface area contributed by atoms with Gasteiger partial charge in [0.2, 0.25) is 0 Å². The zero-order valence-corrected chi connectivity index (χ0v) is 13.9. The number of aromatic nitrogens is 1. The molecular formula is C19H16ClN3O. The van der Waals surface area contributed by atoms with Crippen LogP contribution in [-0.4, -0.2) is 17.9 Å². The van der Waals surface area contributed by atoms with Gasteiger partial charge in [-0.25, -0.2) is 0 Å². The maximum atomic E-state index is 12.4. The lowest BCUT2D eigenvalue weighted by Gasteiger charge is -2.19. The highest BCUT2D eigenvalue weighted by Gasteiger charge is 2.11. The molecule has 0 radical (unpaired) electrons. The molecule has 0 saturated heterocycles. The summed E-state index contributed by atoms with van der Waals surface area (Å²) in [5, 5.41) is 3.44. The van der Waals surface area contributed by atoms with E-state index in [2.05, 4.69) is 10.3 Å². The van der Waals surface area contributed by atoms with Crippen molar-refractivity contribution in [2.45, 2.75) is 0 Å². The minimum atomic E-state index is -0.263. The first kappa shape index (κ1) is 16.0. The van der Waals surface area contributed by atoms with E-state index in [0.29, 0.717) is 16.4 Å². The van der Waals surface area contributed by atoms with Gasteiger partial charge in [0.25, 0.3) is 5.91 Å². The molecule has 0 atom stereocenters. The molecule has 3 aromatic rings. The molecule has 0 spiro atoms. The van der Waals surface area contributed by atoms with Gasteiger partial charge in [-0.2, -0.15) is 0 Å². The number of hydrogen-bond acceptors (Lipinski definition) is 3. The van der Waals surface area contributed by atoms with Crippen LogP contribution in [0.1, 0.15) is 10.5 Å². The number of benzene rings is 2. The van der Waals surface area contributed by atoms with Crippen LogP contribution in [0.2, 0.25) is 5.02 Å². The van der Waals surface area contributed by atoms with Gasteiger partial charge in [0, 0.05) is 35.3 Å². The van der Waals surface area contributed by atoms with Crippen LogP contribution in [0.4, 0.5) is 17.1 Å². The number of anilines is 3. The van der Waals surface area contributed by atoms with E-state index in [4.69, 9.17) is 11.6 Å². The van der Waals surface area contributed by atoms with Gasteiger partial charge in [0.05, 0.1) is 0 Å². The average molecular weight is 338 g/mol. The third-order valence-electron chi connectivity index (χ3n) is 3.61. The van der Waals surface area contributed by atoms with Crippen molar-refractivity contribution in [3.05, 3.63) is 83.6 Å². The zero-order chi connectivity index (χ0) is 16.9. The lowest BCUT2D eigenvalue weighted by atomic mass is 10.2. The van der Waals surface area contributed by atoms with Gasteiger partial charge in [0.15, 0.2) is 0 Å². The fourth-order valence-electron chi connectivity index (χ4n) is 2.28. The topological polar surface area (TPSA) is 45.2 Å². The second-order valence-electron chi connectivity index (χ2n) is 5.25. The van der Waals surface area contributed by atoms with Gasteiger partial charge in [-0.15, -0.1) is 0 Å². The Hall–Kier alpha value is -2.85. The first-order valence-corrected chi connectivity index (χ1v) is 7.83. The van der Waals surface area contributed by atoms with Gasteiger partial charge in [0.1, 0.15) is 5.69 Å². The van der Waals surface area contributed by atoms with Crippen LogP contribution in [0.25, 0.3) is 0 Å². The lowest BCUT2D eigenvalue weighted by Crippen LogP contribution is -2.15. The Labute approximate surface area is 145 Å². The maximum absolute atomic E-state index is 12.4. The molecule has 0 aliphatic rings. The summed E-state index contributed by atoms with van der Waals surface area (Å²) in [6.07, 6.45) is 1.63. The smallest absolute Gasteiger partial charge is 0.274 e. The molecule has 120 valence electrons. The number of rotatable bonds is 4. The van der Waals surface area contributed by atoms with E-state index in [0.717, 1.165) is 11.4 Å². The number of nitrogens with zero attached hydrogens (tertiary/aromatic N) is 2. The minimum absolute atomic E-state index is 0.263. The van der Waals surface area contributed by atoms with E-state index in [1.807, 2.05) is 48.3 Å². The summed E-state index contributed by atoms with van der Waals surface area (Å²) < 4.78 is 0. The molecular weight excluding hydrogens is 322 g/mol. The number of hydrogen-bond donors (Lipinski definition) is 1. The zero-order valence-electron chi connectivity index (χ0n) is 13.1. The Morgan fingerprint density at radius 2 is 1.71 bits per heavy atom. The Bertz CT molecular complexity index is 835. The summed E-state index contributed by atoms with van der Waals surface area (Å²) >= 11 is 5.85. The number of amides is 1. The van der Waals surface area contributed by atoms with Crippen molar-refractivity contribution in [1.29, 1.82) is 0 Å². The van der Waals surface area contributed by atoms with E-state index >= 15 is 0 Å². The molecule has 1 N–H and O–H groups in total. The molecule has 2 aromatic carbocycles. The van der Waals surface area contributed by atoms with Gasteiger partial charge in [-0.1, -0.05) is 29.8 Å². The fraction of sp³-hybridized carbons (Fsp3) is 0.0526. The predicted molar refractivity (Wildman–Crippen MR) is 98.1 cm³/mol. The molecule has 0 aliphatic carbocycles. The van der Waals surface area contributed by atoms with E-state index in [9.17, 15) is 4.79 Å². The summed E-state index contributed by atoms with van der Waals surface area (Å²) in [4.78, 5) is 18.6. The van der Waals surface area contributed by atoms with E-state index < -0.39 is 0 Å². The second kappa shape index (κ2) is 7.15. The number of nitrogens with one attached hydrogen (secondary N) is 1. The van der Waals surface area contributed by atoms with E-state index in [1.165, 1.54) is 0 Å². The minimum Gasteiger partial charge on any atom is -0.345 e. The molecule has 0 aliphatic heterocycles. The van der Waals surface area contributed by atoms with Crippen LogP contribution in [0.15, 0.2) is 72.9 Å². The van der Waals surface area contributed by atoms with Crippen LogP contribution in [-0.2, 0) is 0 Å². The van der Waals surface area contributed by atoms with E-state index in [-0.39, 0.29) is 5.91 Å². The molecule has 4 nitrogen and oxygen atoms in total. The predicted octanol–water partition coefficient (Wildman–Crippen LogP) is 4.76. The largest absolute Gasteiger partial charge is 0.345 e. The Morgan fingerprint density at radius 1 is 1.00 bits per heavy atom. The number of carbonyl (C=O) groups is 1.